The molecule has 0 unspecified atom stereocenters. The third-order valence-corrected chi connectivity index (χ3v) is 2.99. The van der Waals surface area contributed by atoms with Crippen molar-refractivity contribution >= 4 is 5.69 Å². The van der Waals surface area contributed by atoms with Crippen LogP contribution in [0.15, 0.2) is 48.9 Å². The van der Waals surface area contributed by atoms with Crippen molar-refractivity contribution < 1.29 is 9.66 Å². The summed E-state index contributed by atoms with van der Waals surface area (Å²) in [6.45, 7) is 1.64. The monoisotopic (exact) mass is 297 g/mol. The minimum absolute atomic E-state index is 0.0410. The van der Waals surface area contributed by atoms with E-state index in [1.54, 1.807) is 48.3 Å². The van der Waals surface area contributed by atoms with Gasteiger partial charge in [-0.15, -0.1) is 5.10 Å². The van der Waals surface area contributed by atoms with Crippen molar-refractivity contribution in [2.45, 2.75) is 6.92 Å². The van der Waals surface area contributed by atoms with Crippen molar-refractivity contribution in [3.63, 3.8) is 0 Å². The minimum Gasteiger partial charge on any atom is -0.434 e. The first kappa shape index (κ1) is 13.7. The Morgan fingerprint density at radius 1 is 1.27 bits per heavy atom. The van der Waals surface area contributed by atoms with Crippen LogP contribution < -0.4 is 4.74 Å². The zero-order valence-electron chi connectivity index (χ0n) is 11.6. The summed E-state index contributed by atoms with van der Waals surface area (Å²) in [5, 5.41) is 18.8. The summed E-state index contributed by atoms with van der Waals surface area (Å²) in [6, 6.07) is 8.53. The SMILES string of the molecule is Cc1ccnc(Oc2cccc(-n3ccnn3)c2)c1[N+](=O)[O-]. The van der Waals surface area contributed by atoms with E-state index in [-0.39, 0.29) is 11.6 Å². The highest BCUT2D eigenvalue weighted by Gasteiger charge is 2.20. The van der Waals surface area contributed by atoms with E-state index in [2.05, 4.69) is 15.3 Å². The maximum absolute atomic E-state index is 11.1. The second-order valence-electron chi connectivity index (χ2n) is 4.49. The van der Waals surface area contributed by atoms with E-state index >= 15 is 0 Å². The van der Waals surface area contributed by atoms with E-state index in [1.807, 2.05) is 6.07 Å². The average molecular weight is 297 g/mol. The summed E-state index contributed by atoms with van der Waals surface area (Å²) in [5.74, 6) is 0.384. The van der Waals surface area contributed by atoms with Crippen LogP contribution in [-0.4, -0.2) is 24.9 Å². The van der Waals surface area contributed by atoms with Gasteiger partial charge in [-0.2, -0.15) is 0 Å². The first-order chi connectivity index (χ1) is 10.6. The van der Waals surface area contributed by atoms with Crippen molar-refractivity contribution in [1.29, 1.82) is 0 Å². The van der Waals surface area contributed by atoms with Crippen LogP contribution in [0.3, 0.4) is 0 Å². The van der Waals surface area contributed by atoms with Crippen LogP contribution in [0, 0.1) is 17.0 Å². The summed E-state index contributed by atoms with van der Waals surface area (Å²) >= 11 is 0. The summed E-state index contributed by atoms with van der Waals surface area (Å²) in [4.78, 5) is 14.6. The fourth-order valence-corrected chi connectivity index (χ4v) is 1.97. The molecule has 8 nitrogen and oxygen atoms in total. The number of ether oxygens (including phenoxy) is 1. The molecule has 0 bridgehead atoms. The topological polar surface area (TPSA) is 96.0 Å². The number of benzene rings is 1. The van der Waals surface area contributed by atoms with E-state index in [0.717, 1.165) is 5.69 Å². The Hall–Kier alpha value is -3.29. The smallest absolute Gasteiger partial charge is 0.334 e. The lowest BCUT2D eigenvalue weighted by atomic mass is 10.2. The van der Waals surface area contributed by atoms with Gasteiger partial charge in [0, 0.05) is 17.8 Å². The molecular formula is C14H11N5O3. The van der Waals surface area contributed by atoms with Crippen LogP contribution in [-0.2, 0) is 0 Å². The average Bonchev–Trinajstić information content (AvgIpc) is 3.01. The fourth-order valence-electron chi connectivity index (χ4n) is 1.97. The first-order valence-electron chi connectivity index (χ1n) is 6.40. The van der Waals surface area contributed by atoms with Gasteiger partial charge in [-0.1, -0.05) is 11.3 Å². The molecule has 1 aromatic carbocycles. The van der Waals surface area contributed by atoms with Crippen molar-refractivity contribution in [3.8, 4) is 17.3 Å². The lowest BCUT2D eigenvalue weighted by Gasteiger charge is -2.08. The fraction of sp³-hybridized carbons (Fsp3) is 0.0714. The van der Waals surface area contributed by atoms with Gasteiger partial charge in [-0.3, -0.25) is 10.1 Å². The van der Waals surface area contributed by atoms with E-state index in [4.69, 9.17) is 4.74 Å². The van der Waals surface area contributed by atoms with Crippen molar-refractivity contribution in [3.05, 3.63) is 64.6 Å². The molecule has 0 spiro atoms. The highest BCUT2D eigenvalue weighted by atomic mass is 16.6. The summed E-state index contributed by atoms with van der Waals surface area (Å²) < 4.78 is 7.14. The molecular weight excluding hydrogens is 286 g/mol. The van der Waals surface area contributed by atoms with Crippen LogP contribution in [0.25, 0.3) is 5.69 Å². The highest BCUT2D eigenvalue weighted by Crippen LogP contribution is 2.32. The zero-order valence-corrected chi connectivity index (χ0v) is 11.6. The van der Waals surface area contributed by atoms with Crippen LogP contribution in [0.2, 0.25) is 0 Å². The first-order valence-corrected chi connectivity index (χ1v) is 6.40. The van der Waals surface area contributed by atoms with E-state index in [1.165, 1.54) is 6.20 Å². The van der Waals surface area contributed by atoms with E-state index in [9.17, 15) is 10.1 Å². The van der Waals surface area contributed by atoms with Gasteiger partial charge in [0.05, 0.1) is 23.0 Å². The third kappa shape index (κ3) is 2.62. The Morgan fingerprint density at radius 2 is 2.14 bits per heavy atom. The van der Waals surface area contributed by atoms with Gasteiger partial charge in [0.15, 0.2) is 0 Å². The third-order valence-electron chi connectivity index (χ3n) is 2.99. The van der Waals surface area contributed by atoms with Crippen LogP contribution >= 0.6 is 0 Å². The minimum atomic E-state index is -0.501. The highest BCUT2D eigenvalue weighted by molar-refractivity contribution is 5.50. The Labute approximate surface area is 125 Å². The predicted octanol–water partition coefficient (Wildman–Crippen LogP) is 2.67. The van der Waals surface area contributed by atoms with Crippen LogP contribution in [0.1, 0.15) is 5.56 Å². The molecule has 0 N–H and O–H groups in total. The number of aryl methyl sites for hydroxylation is 1. The van der Waals surface area contributed by atoms with Gasteiger partial charge in [-0.25, -0.2) is 9.67 Å². The number of aromatic nitrogens is 4. The second kappa shape index (κ2) is 5.60. The maximum Gasteiger partial charge on any atom is 0.334 e. The number of nitro groups is 1. The Bertz CT molecular complexity index is 817. The number of hydrogen-bond acceptors (Lipinski definition) is 6. The molecule has 0 atom stereocenters. The molecule has 0 aliphatic heterocycles. The van der Waals surface area contributed by atoms with Gasteiger partial charge in [-0.05, 0) is 25.1 Å². The molecule has 0 radical (unpaired) electrons. The largest absolute Gasteiger partial charge is 0.434 e. The van der Waals surface area contributed by atoms with Gasteiger partial charge in [0.2, 0.25) is 0 Å². The Morgan fingerprint density at radius 3 is 2.86 bits per heavy atom. The maximum atomic E-state index is 11.1. The van der Waals surface area contributed by atoms with Crippen molar-refractivity contribution in [1.82, 2.24) is 20.0 Å². The van der Waals surface area contributed by atoms with Gasteiger partial charge in [0.1, 0.15) is 5.75 Å². The van der Waals surface area contributed by atoms with Crippen molar-refractivity contribution in [2.75, 3.05) is 0 Å². The molecule has 2 heterocycles. The lowest BCUT2D eigenvalue weighted by Crippen LogP contribution is -1.99. The summed E-state index contributed by atoms with van der Waals surface area (Å²) in [7, 11) is 0. The molecule has 22 heavy (non-hydrogen) atoms. The molecule has 3 aromatic rings. The molecule has 0 aliphatic rings. The summed E-state index contributed by atoms with van der Waals surface area (Å²) in [6.07, 6.45) is 4.71. The zero-order chi connectivity index (χ0) is 15.5. The molecule has 0 aliphatic carbocycles. The molecule has 110 valence electrons. The molecule has 0 fully saturated rings. The molecule has 3 rings (SSSR count). The van der Waals surface area contributed by atoms with Crippen LogP contribution in [0.5, 0.6) is 11.6 Å². The quantitative estimate of drug-likeness (QED) is 0.542. The van der Waals surface area contributed by atoms with Gasteiger partial charge < -0.3 is 4.74 Å². The van der Waals surface area contributed by atoms with Gasteiger partial charge in [0.25, 0.3) is 5.88 Å². The Balaban J connectivity index is 1.96. The molecule has 0 saturated carbocycles. The molecule has 0 amide bonds. The lowest BCUT2D eigenvalue weighted by molar-refractivity contribution is -0.386. The van der Waals surface area contributed by atoms with E-state index in [0.29, 0.717) is 11.3 Å². The molecule has 0 saturated heterocycles. The number of nitrogens with zero attached hydrogens (tertiary/aromatic N) is 5. The summed E-state index contributed by atoms with van der Waals surface area (Å²) in [5.41, 5.74) is 1.07. The van der Waals surface area contributed by atoms with E-state index < -0.39 is 4.92 Å². The molecule has 8 heteroatoms. The van der Waals surface area contributed by atoms with Gasteiger partial charge >= 0.3 is 5.69 Å². The molecule has 2 aromatic heterocycles. The Kier molecular flexibility index (Phi) is 3.48. The standard InChI is InChI=1S/C14H11N5O3/c1-10-5-6-15-14(13(10)19(20)21)22-12-4-2-3-11(9-12)18-8-7-16-17-18/h2-9H,1H3. The second-order valence-corrected chi connectivity index (χ2v) is 4.49. The van der Waals surface area contributed by atoms with Crippen LogP contribution in [0.4, 0.5) is 5.69 Å². The normalized spacial score (nSPS) is 10.4. The number of pyridine rings is 1. The van der Waals surface area contributed by atoms with Crippen molar-refractivity contribution in [2.24, 2.45) is 0 Å². The predicted molar refractivity (Wildman–Crippen MR) is 77.1 cm³/mol. The number of rotatable bonds is 4. The number of hydrogen-bond donors (Lipinski definition) is 0.